The highest BCUT2D eigenvalue weighted by atomic mass is 19.1. The molecule has 3 aromatic heterocycles. The standard InChI is InChI=1S/C23H16FN5O2/c1-14-4-5-15(11-19(14)22(30)27-17-8-6-16(24)7-9-17)18-3-2-10-29-20(18)12-25-21(29)23-28-26-13-31-23/h2-13H,1H3,(H,27,30). The Kier molecular flexibility index (Phi) is 4.51. The number of carbonyl (C=O) groups excluding carboxylic acids is 1. The van der Waals surface area contributed by atoms with Crippen LogP contribution in [0.1, 0.15) is 15.9 Å². The van der Waals surface area contributed by atoms with Gasteiger partial charge >= 0.3 is 0 Å². The van der Waals surface area contributed by atoms with Crippen LogP contribution in [0.3, 0.4) is 0 Å². The molecule has 0 bridgehead atoms. The van der Waals surface area contributed by atoms with E-state index in [1.165, 1.54) is 30.7 Å². The summed E-state index contributed by atoms with van der Waals surface area (Å²) in [7, 11) is 0. The van der Waals surface area contributed by atoms with E-state index in [-0.39, 0.29) is 11.7 Å². The number of rotatable bonds is 4. The van der Waals surface area contributed by atoms with Crippen LogP contribution in [0.25, 0.3) is 28.4 Å². The molecule has 8 heteroatoms. The largest absolute Gasteiger partial charge is 0.421 e. The number of nitrogens with zero attached hydrogens (tertiary/aromatic N) is 4. The van der Waals surface area contributed by atoms with Gasteiger partial charge in [0.1, 0.15) is 5.82 Å². The summed E-state index contributed by atoms with van der Waals surface area (Å²) in [6.07, 6.45) is 4.85. The van der Waals surface area contributed by atoms with Crippen LogP contribution in [0, 0.1) is 12.7 Å². The molecule has 1 N–H and O–H groups in total. The molecule has 0 saturated heterocycles. The van der Waals surface area contributed by atoms with Crippen molar-refractivity contribution >= 4 is 17.1 Å². The van der Waals surface area contributed by atoms with Crippen molar-refractivity contribution in [1.29, 1.82) is 0 Å². The summed E-state index contributed by atoms with van der Waals surface area (Å²) < 4.78 is 20.3. The van der Waals surface area contributed by atoms with Gasteiger partial charge in [0.05, 0.1) is 11.7 Å². The number of amides is 1. The second-order valence-electron chi connectivity index (χ2n) is 6.99. The number of hydrogen-bond acceptors (Lipinski definition) is 5. The quantitative estimate of drug-likeness (QED) is 0.460. The topological polar surface area (TPSA) is 85.3 Å². The van der Waals surface area contributed by atoms with Crippen LogP contribution in [0.15, 0.2) is 77.8 Å². The summed E-state index contributed by atoms with van der Waals surface area (Å²) in [5, 5.41) is 10.5. The van der Waals surface area contributed by atoms with Crippen molar-refractivity contribution in [2.75, 3.05) is 5.32 Å². The van der Waals surface area contributed by atoms with Crippen LogP contribution in [-0.4, -0.2) is 25.5 Å². The molecule has 0 saturated carbocycles. The molecule has 0 aliphatic heterocycles. The Morgan fingerprint density at radius 1 is 1.13 bits per heavy atom. The number of carbonyl (C=O) groups is 1. The molecule has 7 nitrogen and oxygen atoms in total. The van der Waals surface area contributed by atoms with Gasteiger partial charge in [-0.2, -0.15) is 0 Å². The summed E-state index contributed by atoms with van der Waals surface area (Å²) in [4.78, 5) is 17.3. The zero-order valence-corrected chi connectivity index (χ0v) is 16.4. The zero-order valence-electron chi connectivity index (χ0n) is 16.4. The predicted octanol–water partition coefficient (Wildman–Crippen LogP) is 4.75. The van der Waals surface area contributed by atoms with E-state index in [0.717, 1.165) is 22.2 Å². The van der Waals surface area contributed by atoms with Gasteiger partial charge in [0.25, 0.3) is 11.8 Å². The van der Waals surface area contributed by atoms with Crippen LogP contribution in [0.5, 0.6) is 0 Å². The summed E-state index contributed by atoms with van der Waals surface area (Å²) in [6, 6.07) is 15.2. The van der Waals surface area contributed by atoms with E-state index in [0.29, 0.717) is 23.0 Å². The minimum absolute atomic E-state index is 0.266. The number of anilines is 1. The molecule has 31 heavy (non-hydrogen) atoms. The fraction of sp³-hybridized carbons (Fsp3) is 0.0435. The third-order valence-corrected chi connectivity index (χ3v) is 5.02. The highest BCUT2D eigenvalue weighted by molar-refractivity contribution is 6.06. The fourth-order valence-corrected chi connectivity index (χ4v) is 3.46. The van der Waals surface area contributed by atoms with Gasteiger partial charge in [-0.05, 0) is 54.4 Å². The van der Waals surface area contributed by atoms with Gasteiger partial charge in [-0.15, -0.1) is 10.2 Å². The second-order valence-corrected chi connectivity index (χ2v) is 6.99. The monoisotopic (exact) mass is 413 g/mol. The van der Waals surface area contributed by atoms with Crippen LogP contribution in [0.4, 0.5) is 10.1 Å². The van der Waals surface area contributed by atoms with E-state index in [1.54, 1.807) is 6.20 Å². The average Bonchev–Trinajstić information content (AvgIpc) is 3.45. The van der Waals surface area contributed by atoms with Crippen molar-refractivity contribution < 1.29 is 13.6 Å². The van der Waals surface area contributed by atoms with E-state index in [2.05, 4.69) is 20.5 Å². The van der Waals surface area contributed by atoms with E-state index < -0.39 is 0 Å². The average molecular weight is 413 g/mol. The molecule has 1 amide bonds. The fourth-order valence-electron chi connectivity index (χ4n) is 3.46. The van der Waals surface area contributed by atoms with E-state index in [4.69, 9.17) is 4.42 Å². The Morgan fingerprint density at radius 3 is 2.74 bits per heavy atom. The number of aromatic nitrogens is 4. The van der Waals surface area contributed by atoms with E-state index in [1.807, 2.05) is 47.9 Å². The molecule has 0 fully saturated rings. The Balaban J connectivity index is 1.54. The molecule has 2 aromatic carbocycles. The van der Waals surface area contributed by atoms with Crippen molar-refractivity contribution in [2.45, 2.75) is 6.92 Å². The summed E-state index contributed by atoms with van der Waals surface area (Å²) in [5.74, 6) is 0.235. The number of pyridine rings is 1. The molecule has 0 radical (unpaired) electrons. The van der Waals surface area contributed by atoms with Gasteiger partial charge < -0.3 is 9.73 Å². The van der Waals surface area contributed by atoms with Crippen molar-refractivity contribution in [1.82, 2.24) is 19.6 Å². The third-order valence-electron chi connectivity index (χ3n) is 5.02. The molecule has 0 spiro atoms. The summed E-state index contributed by atoms with van der Waals surface area (Å²) in [5.41, 5.74) is 4.48. The summed E-state index contributed by atoms with van der Waals surface area (Å²) >= 11 is 0. The van der Waals surface area contributed by atoms with Crippen molar-refractivity contribution in [3.63, 3.8) is 0 Å². The minimum Gasteiger partial charge on any atom is -0.421 e. The van der Waals surface area contributed by atoms with Gasteiger partial charge in [-0.1, -0.05) is 18.2 Å². The molecular weight excluding hydrogens is 397 g/mol. The first kappa shape index (κ1) is 18.7. The zero-order chi connectivity index (χ0) is 21.4. The van der Waals surface area contributed by atoms with Gasteiger partial charge in [0.2, 0.25) is 12.2 Å². The first-order chi connectivity index (χ1) is 15.1. The maximum atomic E-state index is 13.1. The van der Waals surface area contributed by atoms with Crippen molar-refractivity contribution in [2.24, 2.45) is 0 Å². The van der Waals surface area contributed by atoms with Crippen molar-refractivity contribution in [3.05, 3.63) is 90.3 Å². The molecule has 152 valence electrons. The molecule has 3 heterocycles. The third kappa shape index (κ3) is 3.44. The van der Waals surface area contributed by atoms with Crippen LogP contribution in [0.2, 0.25) is 0 Å². The number of imidazole rings is 1. The number of hydrogen-bond donors (Lipinski definition) is 1. The Bertz CT molecular complexity index is 1390. The maximum Gasteiger partial charge on any atom is 0.284 e. The number of aryl methyl sites for hydroxylation is 1. The SMILES string of the molecule is Cc1ccc(-c2cccn3c(-c4nnco4)ncc23)cc1C(=O)Nc1ccc(F)cc1. The molecule has 5 rings (SSSR count). The minimum atomic E-state index is -0.357. The maximum absolute atomic E-state index is 13.1. The van der Waals surface area contributed by atoms with E-state index >= 15 is 0 Å². The summed E-state index contributed by atoms with van der Waals surface area (Å²) in [6.45, 7) is 1.87. The predicted molar refractivity (Wildman–Crippen MR) is 113 cm³/mol. The molecule has 0 atom stereocenters. The van der Waals surface area contributed by atoms with Gasteiger partial charge in [-0.25, -0.2) is 9.37 Å². The lowest BCUT2D eigenvalue weighted by Gasteiger charge is -2.11. The van der Waals surface area contributed by atoms with Gasteiger partial charge in [0.15, 0.2) is 0 Å². The van der Waals surface area contributed by atoms with Crippen LogP contribution in [-0.2, 0) is 0 Å². The van der Waals surface area contributed by atoms with Crippen molar-refractivity contribution in [3.8, 4) is 22.8 Å². The first-order valence-corrected chi connectivity index (χ1v) is 9.51. The molecule has 5 aromatic rings. The normalized spacial score (nSPS) is 11.0. The lowest BCUT2D eigenvalue weighted by atomic mass is 9.99. The molecule has 0 aliphatic carbocycles. The van der Waals surface area contributed by atoms with Gasteiger partial charge in [0, 0.05) is 23.0 Å². The molecule has 0 aliphatic rings. The highest BCUT2D eigenvalue weighted by Crippen LogP contribution is 2.29. The number of benzene rings is 2. The Labute approximate surface area is 176 Å². The smallest absolute Gasteiger partial charge is 0.284 e. The van der Waals surface area contributed by atoms with Crippen LogP contribution < -0.4 is 5.32 Å². The number of fused-ring (bicyclic) bond motifs is 1. The Morgan fingerprint density at radius 2 is 1.97 bits per heavy atom. The second kappa shape index (κ2) is 7.49. The lowest BCUT2D eigenvalue weighted by Crippen LogP contribution is -2.13. The van der Waals surface area contributed by atoms with Gasteiger partial charge in [-0.3, -0.25) is 9.20 Å². The molecular formula is C23H16FN5O2. The lowest BCUT2D eigenvalue weighted by molar-refractivity contribution is 0.102. The highest BCUT2D eigenvalue weighted by Gasteiger charge is 2.16. The van der Waals surface area contributed by atoms with E-state index in [9.17, 15) is 9.18 Å². The number of halogens is 1. The Hall–Kier alpha value is -4.33. The first-order valence-electron chi connectivity index (χ1n) is 9.51. The number of nitrogens with one attached hydrogen (secondary N) is 1. The molecule has 0 unspecified atom stereocenters. The van der Waals surface area contributed by atoms with Crippen LogP contribution >= 0.6 is 0 Å².